The molecule has 2 aromatic heterocycles. The van der Waals surface area contributed by atoms with Gasteiger partial charge < -0.3 is 20.1 Å². The molecule has 0 saturated carbocycles. The molecule has 24 heavy (non-hydrogen) atoms. The molecule has 2 aromatic rings. The molecule has 0 unspecified atom stereocenters. The Kier molecular flexibility index (Phi) is 4.84. The summed E-state index contributed by atoms with van der Waals surface area (Å²) in [5, 5.41) is 9.81. The molecule has 0 bridgehead atoms. The van der Waals surface area contributed by atoms with Crippen molar-refractivity contribution in [2.75, 3.05) is 23.3 Å². The highest BCUT2D eigenvalue weighted by molar-refractivity contribution is 7.08. The lowest BCUT2D eigenvalue weighted by Crippen LogP contribution is -2.47. The minimum Gasteiger partial charge on any atom is -0.352 e. The van der Waals surface area contributed by atoms with Gasteiger partial charge in [-0.1, -0.05) is 0 Å². The van der Waals surface area contributed by atoms with Crippen LogP contribution in [0.4, 0.5) is 16.3 Å². The number of piperidine rings is 1. The molecule has 3 heterocycles. The average molecular weight is 347 g/mol. The van der Waals surface area contributed by atoms with Crippen molar-refractivity contribution in [3.05, 3.63) is 39.1 Å². The Morgan fingerprint density at radius 2 is 2.08 bits per heavy atom. The molecule has 8 heteroatoms. The first kappa shape index (κ1) is 16.5. The fraction of sp³-hybridized carbons (Fsp3) is 0.438. The molecular formula is C16H21N5O2S. The van der Waals surface area contributed by atoms with Crippen LogP contribution >= 0.6 is 11.3 Å². The van der Waals surface area contributed by atoms with E-state index >= 15 is 0 Å². The first-order valence-corrected chi connectivity index (χ1v) is 8.86. The number of aromatic nitrogens is 2. The van der Waals surface area contributed by atoms with E-state index in [1.54, 1.807) is 30.8 Å². The topological polar surface area (TPSA) is 79.3 Å². The maximum Gasteiger partial charge on any atom is 0.319 e. The van der Waals surface area contributed by atoms with E-state index in [1.807, 2.05) is 22.6 Å². The molecule has 3 rings (SSSR count). The Hall–Kier alpha value is -2.35. The maximum absolute atomic E-state index is 12.1. The van der Waals surface area contributed by atoms with Crippen LogP contribution in [-0.4, -0.2) is 34.7 Å². The zero-order valence-corrected chi connectivity index (χ0v) is 14.6. The highest BCUT2D eigenvalue weighted by atomic mass is 32.1. The monoisotopic (exact) mass is 347 g/mol. The molecule has 1 aliphatic heterocycles. The molecule has 128 valence electrons. The van der Waals surface area contributed by atoms with Gasteiger partial charge in [0, 0.05) is 44.0 Å². The van der Waals surface area contributed by atoms with Gasteiger partial charge in [0.15, 0.2) is 5.82 Å². The molecule has 1 aliphatic rings. The first-order chi connectivity index (χ1) is 11.5. The number of nitrogens with one attached hydrogen (secondary N) is 2. The van der Waals surface area contributed by atoms with Crippen molar-refractivity contribution in [1.82, 2.24) is 14.9 Å². The smallest absolute Gasteiger partial charge is 0.319 e. The van der Waals surface area contributed by atoms with Crippen LogP contribution in [0.15, 0.2) is 27.9 Å². The van der Waals surface area contributed by atoms with Crippen molar-refractivity contribution in [2.45, 2.75) is 25.8 Å². The SMILES string of the molecule is Cc1cscc1NC(=O)NC1CCN(c2nccn(C)c2=O)CC1. The first-order valence-electron chi connectivity index (χ1n) is 7.91. The minimum absolute atomic E-state index is 0.0883. The van der Waals surface area contributed by atoms with Crippen LogP contribution in [0.5, 0.6) is 0 Å². The van der Waals surface area contributed by atoms with E-state index in [-0.39, 0.29) is 17.6 Å². The second-order valence-corrected chi connectivity index (χ2v) is 6.74. The summed E-state index contributed by atoms with van der Waals surface area (Å²) in [6, 6.07) is -0.0727. The number of hydrogen-bond donors (Lipinski definition) is 2. The molecule has 1 saturated heterocycles. The molecule has 0 aromatic carbocycles. The Morgan fingerprint density at radius 1 is 1.33 bits per heavy atom. The van der Waals surface area contributed by atoms with Crippen LogP contribution in [0, 0.1) is 6.92 Å². The van der Waals surface area contributed by atoms with Crippen LogP contribution in [0.1, 0.15) is 18.4 Å². The van der Waals surface area contributed by atoms with Crippen LogP contribution < -0.4 is 21.1 Å². The van der Waals surface area contributed by atoms with Crippen LogP contribution in [0.25, 0.3) is 0 Å². The molecule has 0 spiro atoms. The van der Waals surface area contributed by atoms with E-state index < -0.39 is 0 Å². The standard InChI is InChI=1S/C16H21N5O2S/c1-11-9-24-10-13(11)19-16(23)18-12-3-6-21(7-4-12)14-15(22)20(2)8-5-17-14/h5,8-10,12H,3-4,6-7H2,1-2H3,(H2,18,19,23). The lowest BCUT2D eigenvalue weighted by atomic mass is 10.1. The van der Waals surface area contributed by atoms with E-state index in [0.717, 1.165) is 24.1 Å². The van der Waals surface area contributed by atoms with E-state index in [2.05, 4.69) is 15.6 Å². The molecule has 1 fully saturated rings. The normalized spacial score (nSPS) is 15.3. The van der Waals surface area contributed by atoms with Crippen LogP contribution in [-0.2, 0) is 7.05 Å². The van der Waals surface area contributed by atoms with Gasteiger partial charge in [0.05, 0.1) is 5.69 Å². The summed E-state index contributed by atoms with van der Waals surface area (Å²) >= 11 is 1.57. The molecule has 0 radical (unpaired) electrons. The summed E-state index contributed by atoms with van der Waals surface area (Å²) in [7, 11) is 1.72. The second-order valence-electron chi connectivity index (χ2n) is 6.00. The third-order valence-electron chi connectivity index (χ3n) is 4.23. The minimum atomic E-state index is -0.177. The molecule has 2 amide bonds. The van der Waals surface area contributed by atoms with Crippen molar-refractivity contribution in [2.24, 2.45) is 7.05 Å². The highest BCUT2D eigenvalue weighted by Crippen LogP contribution is 2.19. The summed E-state index contributed by atoms with van der Waals surface area (Å²) in [5.41, 5.74) is 1.83. The van der Waals surface area contributed by atoms with Gasteiger partial charge in [0.1, 0.15) is 0 Å². The Bertz CT molecular complexity index is 777. The molecule has 0 aliphatic carbocycles. The summed E-state index contributed by atoms with van der Waals surface area (Å²) in [6.45, 7) is 3.38. The van der Waals surface area contributed by atoms with E-state index in [0.29, 0.717) is 18.9 Å². The third-order valence-corrected chi connectivity index (χ3v) is 5.09. The summed E-state index contributed by atoms with van der Waals surface area (Å²) in [6.07, 6.45) is 4.86. The van der Waals surface area contributed by atoms with E-state index in [1.165, 1.54) is 4.57 Å². The number of thiophene rings is 1. The number of aryl methyl sites for hydroxylation is 2. The van der Waals surface area contributed by atoms with Gasteiger partial charge in [-0.3, -0.25) is 4.79 Å². The van der Waals surface area contributed by atoms with Gasteiger partial charge in [-0.05, 0) is 30.7 Å². The van der Waals surface area contributed by atoms with Crippen molar-refractivity contribution < 1.29 is 4.79 Å². The quantitative estimate of drug-likeness (QED) is 0.889. The lowest BCUT2D eigenvalue weighted by molar-refractivity contribution is 0.246. The Balaban J connectivity index is 1.54. The van der Waals surface area contributed by atoms with Gasteiger partial charge in [0.2, 0.25) is 0 Å². The average Bonchev–Trinajstić information content (AvgIpc) is 2.96. The summed E-state index contributed by atoms with van der Waals surface area (Å²) in [5.74, 6) is 0.483. The zero-order valence-electron chi connectivity index (χ0n) is 13.8. The van der Waals surface area contributed by atoms with Crippen molar-refractivity contribution in [3.63, 3.8) is 0 Å². The number of carbonyl (C=O) groups excluding carboxylic acids is 1. The van der Waals surface area contributed by atoms with Gasteiger partial charge >= 0.3 is 6.03 Å². The van der Waals surface area contributed by atoms with Crippen LogP contribution in [0.2, 0.25) is 0 Å². The van der Waals surface area contributed by atoms with E-state index in [4.69, 9.17) is 0 Å². The van der Waals surface area contributed by atoms with Crippen molar-refractivity contribution >= 4 is 28.9 Å². The number of rotatable bonds is 3. The third kappa shape index (κ3) is 3.59. The van der Waals surface area contributed by atoms with Gasteiger partial charge in [-0.15, -0.1) is 11.3 Å². The zero-order chi connectivity index (χ0) is 17.1. The Labute approximate surface area is 144 Å². The Morgan fingerprint density at radius 3 is 2.75 bits per heavy atom. The lowest BCUT2D eigenvalue weighted by Gasteiger charge is -2.32. The predicted octanol–water partition coefficient (Wildman–Crippen LogP) is 1.94. The number of nitrogens with zero attached hydrogens (tertiary/aromatic N) is 3. The summed E-state index contributed by atoms with van der Waals surface area (Å²) in [4.78, 5) is 30.4. The van der Waals surface area contributed by atoms with Gasteiger partial charge in [-0.25, -0.2) is 9.78 Å². The molecule has 0 atom stereocenters. The number of amides is 2. The van der Waals surface area contributed by atoms with E-state index in [9.17, 15) is 9.59 Å². The highest BCUT2D eigenvalue weighted by Gasteiger charge is 2.23. The number of hydrogen-bond acceptors (Lipinski definition) is 5. The molecular weight excluding hydrogens is 326 g/mol. The second kappa shape index (κ2) is 7.04. The van der Waals surface area contributed by atoms with Crippen molar-refractivity contribution in [3.8, 4) is 0 Å². The predicted molar refractivity (Wildman–Crippen MR) is 95.9 cm³/mol. The van der Waals surface area contributed by atoms with Gasteiger partial charge in [-0.2, -0.15) is 0 Å². The fourth-order valence-corrected chi connectivity index (χ4v) is 3.55. The van der Waals surface area contributed by atoms with Crippen molar-refractivity contribution in [1.29, 1.82) is 0 Å². The van der Waals surface area contributed by atoms with Gasteiger partial charge in [0.25, 0.3) is 5.56 Å². The van der Waals surface area contributed by atoms with Crippen LogP contribution in [0.3, 0.4) is 0 Å². The maximum atomic E-state index is 12.1. The number of carbonyl (C=O) groups is 1. The number of anilines is 2. The molecule has 2 N–H and O–H groups in total. The summed E-state index contributed by atoms with van der Waals surface area (Å²) < 4.78 is 1.53. The largest absolute Gasteiger partial charge is 0.352 e. The number of urea groups is 1. The molecule has 7 nitrogen and oxygen atoms in total. The fourth-order valence-electron chi connectivity index (χ4n) is 2.77.